The van der Waals surface area contributed by atoms with Crippen molar-refractivity contribution in [3.8, 4) is 11.4 Å². The van der Waals surface area contributed by atoms with Gasteiger partial charge in [0.05, 0.1) is 12.1 Å². The summed E-state index contributed by atoms with van der Waals surface area (Å²) in [5.41, 5.74) is 1.68. The fourth-order valence-electron chi connectivity index (χ4n) is 3.92. The van der Waals surface area contributed by atoms with Crippen LogP contribution >= 0.6 is 0 Å². The van der Waals surface area contributed by atoms with Crippen LogP contribution in [-0.2, 0) is 19.3 Å². The molecule has 6 nitrogen and oxygen atoms in total. The van der Waals surface area contributed by atoms with Gasteiger partial charge in [-0.15, -0.1) is 10.2 Å². The number of carbonyl (C=O) groups excluding carboxylic acids is 1. The molecule has 0 atom stereocenters. The molecule has 1 fully saturated rings. The van der Waals surface area contributed by atoms with Crippen LogP contribution in [0, 0.1) is 5.92 Å². The van der Waals surface area contributed by atoms with Crippen molar-refractivity contribution in [1.29, 1.82) is 0 Å². The van der Waals surface area contributed by atoms with Gasteiger partial charge in [-0.25, -0.2) is 0 Å². The molecule has 1 aliphatic heterocycles. The van der Waals surface area contributed by atoms with Crippen molar-refractivity contribution in [2.45, 2.75) is 39.0 Å². The summed E-state index contributed by atoms with van der Waals surface area (Å²) < 4.78 is 38.2. The zero-order chi connectivity index (χ0) is 22.7. The number of ketones is 1. The number of alkyl halides is 3. The summed E-state index contributed by atoms with van der Waals surface area (Å²) in [5, 5.41) is 12.3. The number of hydrogen-bond donors (Lipinski definition) is 0. The third-order valence-electron chi connectivity index (χ3n) is 5.81. The van der Waals surface area contributed by atoms with Crippen LogP contribution < -0.4 is 0 Å². The fourth-order valence-corrected chi connectivity index (χ4v) is 3.92. The predicted octanol–water partition coefficient (Wildman–Crippen LogP) is 4.47. The maximum absolute atomic E-state index is 12.7. The first-order chi connectivity index (χ1) is 15.3. The van der Waals surface area contributed by atoms with Crippen LogP contribution in [0.5, 0.6) is 0 Å². The van der Waals surface area contributed by atoms with Crippen LogP contribution in [0.3, 0.4) is 0 Å². The molecule has 1 aliphatic rings. The Bertz CT molecular complexity index is 1050. The molecule has 2 heterocycles. The van der Waals surface area contributed by atoms with Gasteiger partial charge in [0.15, 0.2) is 5.78 Å². The molecule has 4 rings (SSSR count). The molecule has 1 aromatic heterocycles. The molecule has 2 aromatic carbocycles. The van der Waals surface area contributed by atoms with Crippen LogP contribution in [-0.4, -0.2) is 44.0 Å². The SMILES string of the molecule is CCn1nnc(-c2ccc(CN3CCC(C(=O)c4ccc(C(F)(F)F)cc4)CC3)cc2)n1. The average molecular weight is 443 g/mol. The van der Waals surface area contributed by atoms with E-state index in [0.717, 1.165) is 42.9 Å². The Kier molecular flexibility index (Phi) is 6.36. The minimum Gasteiger partial charge on any atom is -0.299 e. The third-order valence-corrected chi connectivity index (χ3v) is 5.81. The normalized spacial score (nSPS) is 15.8. The first kappa shape index (κ1) is 22.1. The van der Waals surface area contributed by atoms with Gasteiger partial charge in [0.25, 0.3) is 0 Å². The molecule has 0 bridgehead atoms. The van der Waals surface area contributed by atoms with Crippen molar-refractivity contribution in [3.63, 3.8) is 0 Å². The lowest BCUT2D eigenvalue weighted by Crippen LogP contribution is -2.36. The Balaban J connectivity index is 1.30. The number of benzene rings is 2. The van der Waals surface area contributed by atoms with Gasteiger partial charge in [0.1, 0.15) is 0 Å². The monoisotopic (exact) mass is 443 g/mol. The quantitative estimate of drug-likeness (QED) is 0.526. The molecule has 1 saturated heterocycles. The maximum Gasteiger partial charge on any atom is 0.416 e. The second-order valence-electron chi connectivity index (χ2n) is 7.99. The van der Waals surface area contributed by atoms with E-state index in [0.29, 0.717) is 30.8 Å². The highest BCUT2D eigenvalue weighted by Crippen LogP contribution is 2.30. The topological polar surface area (TPSA) is 63.9 Å². The number of piperidine rings is 1. The lowest BCUT2D eigenvalue weighted by atomic mass is 9.88. The summed E-state index contributed by atoms with van der Waals surface area (Å²) in [6, 6.07) is 12.6. The summed E-state index contributed by atoms with van der Waals surface area (Å²) in [5.74, 6) is 0.369. The average Bonchev–Trinajstić information content (AvgIpc) is 3.29. The largest absolute Gasteiger partial charge is 0.416 e. The molecule has 0 N–H and O–H groups in total. The molecule has 32 heavy (non-hydrogen) atoms. The first-order valence-corrected chi connectivity index (χ1v) is 10.6. The summed E-state index contributed by atoms with van der Waals surface area (Å²) in [6.07, 6.45) is -3.00. The minimum absolute atomic E-state index is 0.0737. The van der Waals surface area contributed by atoms with Gasteiger partial charge in [-0.3, -0.25) is 9.69 Å². The van der Waals surface area contributed by atoms with Gasteiger partial charge in [-0.1, -0.05) is 36.4 Å². The first-order valence-electron chi connectivity index (χ1n) is 10.6. The smallest absolute Gasteiger partial charge is 0.299 e. The molecule has 0 saturated carbocycles. The summed E-state index contributed by atoms with van der Waals surface area (Å²) in [7, 11) is 0. The number of nitrogens with zero attached hydrogens (tertiary/aromatic N) is 5. The number of Topliss-reactive ketones (excluding diaryl/α,β-unsaturated/α-hetero) is 1. The number of halogens is 3. The Morgan fingerprint density at radius 1 is 1.03 bits per heavy atom. The maximum atomic E-state index is 12.7. The standard InChI is InChI=1S/C23H24F3N5O/c1-2-31-28-22(27-29-31)19-5-3-16(4-6-19)15-30-13-11-18(12-14-30)21(32)17-7-9-20(10-8-17)23(24,25)26/h3-10,18H,2,11-15H2,1H3. The summed E-state index contributed by atoms with van der Waals surface area (Å²) in [6.45, 7) is 4.93. The molecule has 168 valence electrons. The highest BCUT2D eigenvalue weighted by Gasteiger charge is 2.31. The van der Waals surface area contributed by atoms with E-state index < -0.39 is 11.7 Å². The second kappa shape index (κ2) is 9.20. The third kappa shape index (κ3) is 5.04. The van der Waals surface area contributed by atoms with Crippen molar-refractivity contribution >= 4 is 5.78 Å². The van der Waals surface area contributed by atoms with E-state index in [4.69, 9.17) is 0 Å². The summed E-state index contributed by atoms with van der Waals surface area (Å²) >= 11 is 0. The van der Waals surface area contributed by atoms with Crippen molar-refractivity contribution in [3.05, 3.63) is 65.2 Å². The van der Waals surface area contributed by atoms with Gasteiger partial charge in [-0.05, 0) is 55.8 Å². The predicted molar refractivity (Wildman–Crippen MR) is 113 cm³/mol. The molecule has 9 heteroatoms. The number of rotatable bonds is 6. The Labute approximate surface area is 184 Å². The lowest BCUT2D eigenvalue weighted by molar-refractivity contribution is -0.137. The van der Waals surface area contributed by atoms with E-state index in [1.54, 1.807) is 4.80 Å². The van der Waals surface area contributed by atoms with E-state index in [1.807, 2.05) is 31.2 Å². The summed E-state index contributed by atoms with van der Waals surface area (Å²) in [4.78, 5) is 16.5. The Morgan fingerprint density at radius 3 is 2.25 bits per heavy atom. The van der Waals surface area contributed by atoms with Crippen LogP contribution in [0.2, 0.25) is 0 Å². The van der Waals surface area contributed by atoms with Gasteiger partial charge in [-0.2, -0.15) is 18.0 Å². The number of tetrazole rings is 1. The van der Waals surface area contributed by atoms with Crippen molar-refractivity contribution in [2.75, 3.05) is 13.1 Å². The van der Waals surface area contributed by atoms with Crippen LogP contribution in [0.4, 0.5) is 13.2 Å². The number of likely N-dealkylation sites (tertiary alicyclic amines) is 1. The molecule has 3 aromatic rings. The number of aromatic nitrogens is 4. The fraction of sp³-hybridized carbons (Fsp3) is 0.391. The molecule has 0 spiro atoms. The minimum atomic E-state index is -4.39. The van der Waals surface area contributed by atoms with Gasteiger partial charge >= 0.3 is 6.18 Å². The molecule has 0 aliphatic carbocycles. The van der Waals surface area contributed by atoms with E-state index in [9.17, 15) is 18.0 Å². The molecule has 0 amide bonds. The van der Waals surface area contributed by atoms with Gasteiger partial charge in [0, 0.05) is 23.6 Å². The van der Waals surface area contributed by atoms with Crippen LogP contribution in [0.1, 0.15) is 41.3 Å². The van der Waals surface area contributed by atoms with Crippen molar-refractivity contribution < 1.29 is 18.0 Å². The van der Waals surface area contributed by atoms with E-state index in [2.05, 4.69) is 20.3 Å². The van der Waals surface area contributed by atoms with Gasteiger partial charge in [0.2, 0.25) is 5.82 Å². The highest BCUT2D eigenvalue weighted by molar-refractivity contribution is 5.97. The Morgan fingerprint density at radius 2 is 1.69 bits per heavy atom. The van der Waals surface area contributed by atoms with Crippen molar-refractivity contribution in [2.24, 2.45) is 5.92 Å². The molecule has 0 unspecified atom stereocenters. The van der Waals surface area contributed by atoms with E-state index in [-0.39, 0.29) is 11.7 Å². The van der Waals surface area contributed by atoms with Crippen LogP contribution in [0.25, 0.3) is 11.4 Å². The zero-order valence-corrected chi connectivity index (χ0v) is 17.7. The Hall–Kier alpha value is -3.07. The second-order valence-corrected chi connectivity index (χ2v) is 7.99. The van der Waals surface area contributed by atoms with E-state index >= 15 is 0 Å². The molecular weight excluding hydrogens is 419 g/mol. The number of aryl methyl sites for hydroxylation is 1. The number of carbonyl (C=O) groups is 1. The van der Waals surface area contributed by atoms with E-state index in [1.165, 1.54) is 12.1 Å². The lowest BCUT2D eigenvalue weighted by Gasteiger charge is -2.31. The molecule has 0 radical (unpaired) electrons. The van der Waals surface area contributed by atoms with Crippen molar-refractivity contribution in [1.82, 2.24) is 25.1 Å². The zero-order valence-electron chi connectivity index (χ0n) is 17.7. The highest BCUT2D eigenvalue weighted by atomic mass is 19.4. The van der Waals surface area contributed by atoms with Gasteiger partial charge < -0.3 is 0 Å². The number of hydrogen-bond acceptors (Lipinski definition) is 5. The molecular formula is C23H24F3N5O. The van der Waals surface area contributed by atoms with Crippen LogP contribution in [0.15, 0.2) is 48.5 Å².